The standard InChI is InChI=1S/C14H18BrNO/c1-9(17)13-5-4-12(7-14(13)15)16-8-10-2-3-11(16)6-10/h4-5,7,9-11,17H,2-3,6,8H2,1H3/t9-,10?,11?/m1/s1. The van der Waals surface area contributed by atoms with E-state index in [-0.39, 0.29) is 0 Å². The van der Waals surface area contributed by atoms with E-state index in [0.717, 1.165) is 22.0 Å². The number of hydrogen-bond acceptors (Lipinski definition) is 2. The van der Waals surface area contributed by atoms with E-state index in [1.807, 2.05) is 6.07 Å². The van der Waals surface area contributed by atoms with E-state index in [4.69, 9.17) is 0 Å². The molecule has 1 aromatic rings. The van der Waals surface area contributed by atoms with Gasteiger partial charge in [-0.25, -0.2) is 0 Å². The Hall–Kier alpha value is -0.540. The molecule has 2 nitrogen and oxygen atoms in total. The molecule has 1 saturated carbocycles. The summed E-state index contributed by atoms with van der Waals surface area (Å²) in [5.41, 5.74) is 2.27. The average molecular weight is 296 g/mol. The Bertz CT molecular complexity index is 432. The second-order valence-corrected chi connectivity index (χ2v) is 6.22. The Balaban J connectivity index is 1.87. The van der Waals surface area contributed by atoms with Gasteiger partial charge in [-0.1, -0.05) is 22.0 Å². The van der Waals surface area contributed by atoms with Gasteiger partial charge in [-0.05, 0) is 49.8 Å². The van der Waals surface area contributed by atoms with E-state index in [9.17, 15) is 5.11 Å². The molecule has 2 unspecified atom stereocenters. The molecule has 2 aliphatic rings. The third kappa shape index (κ3) is 2.00. The van der Waals surface area contributed by atoms with Crippen LogP contribution in [0.2, 0.25) is 0 Å². The van der Waals surface area contributed by atoms with Crippen LogP contribution in [0.4, 0.5) is 5.69 Å². The molecule has 1 aromatic carbocycles. The van der Waals surface area contributed by atoms with E-state index in [2.05, 4.69) is 33.0 Å². The van der Waals surface area contributed by atoms with Crippen molar-refractivity contribution in [2.75, 3.05) is 11.4 Å². The highest BCUT2D eigenvalue weighted by Crippen LogP contribution is 2.41. The van der Waals surface area contributed by atoms with Gasteiger partial charge in [0.15, 0.2) is 0 Å². The lowest BCUT2D eigenvalue weighted by molar-refractivity contribution is 0.198. The first-order chi connectivity index (χ1) is 8.15. The number of nitrogens with zero attached hydrogens (tertiary/aromatic N) is 1. The lowest BCUT2D eigenvalue weighted by atomic mass is 10.1. The van der Waals surface area contributed by atoms with E-state index in [0.29, 0.717) is 0 Å². The third-order valence-corrected chi connectivity index (χ3v) is 4.86. The van der Waals surface area contributed by atoms with Crippen LogP contribution in [0.1, 0.15) is 37.9 Å². The van der Waals surface area contributed by atoms with Crippen molar-refractivity contribution in [3.63, 3.8) is 0 Å². The lowest BCUT2D eigenvalue weighted by Crippen LogP contribution is -2.31. The highest BCUT2D eigenvalue weighted by Gasteiger charge is 2.37. The Morgan fingerprint density at radius 2 is 2.24 bits per heavy atom. The minimum Gasteiger partial charge on any atom is -0.389 e. The number of hydrogen-bond donors (Lipinski definition) is 1. The maximum atomic E-state index is 9.62. The fraction of sp³-hybridized carbons (Fsp3) is 0.571. The van der Waals surface area contributed by atoms with Gasteiger partial charge in [0.2, 0.25) is 0 Å². The molecule has 1 heterocycles. The van der Waals surface area contributed by atoms with E-state index >= 15 is 0 Å². The summed E-state index contributed by atoms with van der Waals surface area (Å²) in [6, 6.07) is 7.09. The molecule has 3 heteroatoms. The van der Waals surface area contributed by atoms with Gasteiger partial charge in [-0.3, -0.25) is 0 Å². The molecule has 1 aliphatic carbocycles. The van der Waals surface area contributed by atoms with E-state index in [1.54, 1.807) is 6.92 Å². The topological polar surface area (TPSA) is 23.5 Å². The first-order valence-corrected chi connectivity index (χ1v) is 7.18. The van der Waals surface area contributed by atoms with Crippen molar-refractivity contribution >= 4 is 21.6 Å². The van der Waals surface area contributed by atoms with Crippen molar-refractivity contribution in [3.8, 4) is 0 Å². The average Bonchev–Trinajstić information content (AvgIpc) is 2.89. The highest BCUT2D eigenvalue weighted by molar-refractivity contribution is 9.10. The first kappa shape index (κ1) is 11.5. The third-order valence-electron chi connectivity index (χ3n) is 4.17. The molecule has 92 valence electrons. The molecule has 2 bridgehead atoms. The van der Waals surface area contributed by atoms with Gasteiger partial charge < -0.3 is 10.0 Å². The predicted molar refractivity (Wildman–Crippen MR) is 73.3 cm³/mol. The number of anilines is 1. The fourth-order valence-electron chi connectivity index (χ4n) is 3.27. The minimum atomic E-state index is -0.409. The number of aliphatic hydroxyl groups is 1. The Labute approximate surface area is 111 Å². The summed E-state index contributed by atoms with van der Waals surface area (Å²) in [4.78, 5) is 2.53. The smallest absolute Gasteiger partial charge is 0.0772 e. The number of fused-ring (bicyclic) bond motifs is 2. The summed E-state index contributed by atoms with van der Waals surface area (Å²) in [6.07, 6.45) is 3.72. The fourth-order valence-corrected chi connectivity index (χ4v) is 3.97. The summed E-state index contributed by atoms with van der Waals surface area (Å²) < 4.78 is 1.02. The first-order valence-electron chi connectivity index (χ1n) is 6.39. The van der Waals surface area contributed by atoms with Crippen molar-refractivity contribution in [1.29, 1.82) is 0 Å². The number of halogens is 1. The van der Waals surface area contributed by atoms with Crippen LogP contribution in [-0.2, 0) is 0 Å². The van der Waals surface area contributed by atoms with Crippen LogP contribution in [0.15, 0.2) is 22.7 Å². The van der Waals surface area contributed by atoms with Crippen LogP contribution < -0.4 is 4.90 Å². The normalized spacial score (nSPS) is 28.8. The number of piperidine rings is 1. The van der Waals surface area contributed by atoms with Gasteiger partial charge in [0.1, 0.15) is 0 Å². The Morgan fingerprint density at radius 1 is 1.41 bits per heavy atom. The molecule has 1 N–H and O–H groups in total. The number of rotatable bonds is 2. The van der Waals surface area contributed by atoms with Crippen LogP contribution in [0.5, 0.6) is 0 Å². The molecule has 3 atom stereocenters. The predicted octanol–water partition coefficient (Wildman–Crippen LogP) is 3.49. The maximum absolute atomic E-state index is 9.62. The van der Waals surface area contributed by atoms with E-state index in [1.165, 1.54) is 31.5 Å². The van der Waals surface area contributed by atoms with Gasteiger partial charge >= 0.3 is 0 Å². The molecule has 0 aromatic heterocycles. The summed E-state index contributed by atoms with van der Waals surface area (Å²) in [6.45, 7) is 3.02. The number of benzene rings is 1. The minimum absolute atomic E-state index is 0.409. The van der Waals surface area contributed by atoms with Crippen molar-refractivity contribution in [3.05, 3.63) is 28.2 Å². The zero-order valence-electron chi connectivity index (χ0n) is 10.1. The summed E-state index contributed by atoms with van der Waals surface area (Å²) in [5, 5.41) is 9.62. The summed E-state index contributed by atoms with van der Waals surface area (Å²) >= 11 is 3.56. The van der Waals surface area contributed by atoms with Crippen molar-refractivity contribution < 1.29 is 5.11 Å². The molecule has 0 radical (unpaired) electrons. The molecule has 2 fully saturated rings. The van der Waals surface area contributed by atoms with Crippen LogP contribution >= 0.6 is 15.9 Å². The van der Waals surface area contributed by atoms with Gasteiger partial charge in [0.25, 0.3) is 0 Å². The second-order valence-electron chi connectivity index (χ2n) is 5.37. The van der Waals surface area contributed by atoms with Gasteiger partial charge in [-0.15, -0.1) is 0 Å². The Kier molecular flexibility index (Phi) is 2.91. The van der Waals surface area contributed by atoms with Gasteiger partial charge in [-0.2, -0.15) is 0 Å². The van der Waals surface area contributed by atoms with Crippen molar-refractivity contribution in [2.45, 2.75) is 38.3 Å². The molecule has 3 rings (SSSR count). The SMILES string of the molecule is C[C@@H](O)c1ccc(N2CC3CCC2C3)cc1Br. The van der Waals surface area contributed by atoms with Crippen molar-refractivity contribution in [2.24, 2.45) is 5.92 Å². The van der Waals surface area contributed by atoms with Gasteiger partial charge in [0.05, 0.1) is 6.10 Å². The molecule has 17 heavy (non-hydrogen) atoms. The quantitative estimate of drug-likeness (QED) is 0.903. The monoisotopic (exact) mass is 295 g/mol. The van der Waals surface area contributed by atoms with Crippen LogP contribution in [0.25, 0.3) is 0 Å². The van der Waals surface area contributed by atoms with Crippen LogP contribution in [0.3, 0.4) is 0 Å². The lowest BCUT2D eigenvalue weighted by Gasteiger charge is -2.29. The zero-order valence-corrected chi connectivity index (χ0v) is 11.7. The van der Waals surface area contributed by atoms with E-state index < -0.39 is 6.10 Å². The Morgan fingerprint density at radius 3 is 2.76 bits per heavy atom. The maximum Gasteiger partial charge on any atom is 0.0772 e. The summed E-state index contributed by atoms with van der Waals surface area (Å²) in [5.74, 6) is 0.912. The van der Waals surface area contributed by atoms with Crippen LogP contribution in [-0.4, -0.2) is 17.7 Å². The zero-order chi connectivity index (χ0) is 12.0. The molecule has 0 spiro atoms. The molecular formula is C14H18BrNO. The van der Waals surface area contributed by atoms with Gasteiger partial charge in [0, 0.05) is 22.7 Å². The molecule has 1 saturated heterocycles. The van der Waals surface area contributed by atoms with Crippen LogP contribution in [0, 0.1) is 5.92 Å². The molecule has 0 amide bonds. The van der Waals surface area contributed by atoms with Crippen molar-refractivity contribution in [1.82, 2.24) is 0 Å². The number of aliphatic hydroxyl groups excluding tert-OH is 1. The largest absolute Gasteiger partial charge is 0.389 e. The molecule has 1 aliphatic heterocycles. The second kappa shape index (κ2) is 4.29. The molecular weight excluding hydrogens is 278 g/mol. The highest BCUT2D eigenvalue weighted by atomic mass is 79.9. The summed E-state index contributed by atoms with van der Waals surface area (Å²) in [7, 11) is 0.